The second kappa shape index (κ2) is 7.28. The highest BCUT2D eigenvalue weighted by Gasteiger charge is 2.16. The van der Waals surface area contributed by atoms with E-state index in [1.807, 2.05) is 26.8 Å². The van der Waals surface area contributed by atoms with E-state index < -0.39 is 0 Å². The van der Waals surface area contributed by atoms with Crippen molar-refractivity contribution >= 4 is 0 Å². The van der Waals surface area contributed by atoms with Crippen LogP contribution in [0.3, 0.4) is 0 Å². The van der Waals surface area contributed by atoms with Crippen LogP contribution in [0.1, 0.15) is 31.9 Å². The minimum Gasteiger partial charge on any atom is -0.508 e. The zero-order chi connectivity index (χ0) is 18.7. The molecule has 1 N–H and O–H groups in total. The summed E-state index contributed by atoms with van der Waals surface area (Å²) >= 11 is 0. The molecule has 0 aliphatic carbocycles. The van der Waals surface area contributed by atoms with Crippen LogP contribution in [0.5, 0.6) is 11.5 Å². The van der Waals surface area contributed by atoms with Gasteiger partial charge in [0.1, 0.15) is 17.6 Å². The van der Waals surface area contributed by atoms with Gasteiger partial charge in [0.15, 0.2) is 0 Å². The summed E-state index contributed by atoms with van der Waals surface area (Å²) in [7, 11) is 0. The van der Waals surface area contributed by atoms with Gasteiger partial charge in [0, 0.05) is 16.7 Å². The van der Waals surface area contributed by atoms with Crippen LogP contribution in [0.2, 0.25) is 0 Å². The first-order valence-corrected chi connectivity index (χ1v) is 8.39. The number of phenolic OH excluding ortho intramolecular Hbond substituents is 1. The van der Waals surface area contributed by atoms with Gasteiger partial charge in [-0.05, 0) is 44.5 Å². The molecule has 0 saturated carbocycles. The Hall–Kier alpha value is -3.33. The van der Waals surface area contributed by atoms with E-state index in [4.69, 9.17) is 9.26 Å². The Labute approximate surface area is 151 Å². The minimum atomic E-state index is -0.0267. The largest absolute Gasteiger partial charge is 0.508 e. The average molecular weight is 349 g/mol. The third-order valence-corrected chi connectivity index (χ3v) is 3.88. The van der Waals surface area contributed by atoms with Gasteiger partial charge in [-0.15, -0.1) is 0 Å². The Bertz CT molecular complexity index is 971. The van der Waals surface area contributed by atoms with Gasteiger partial charge in [-0.1, -0.05) is 24.2 Å². The quantitative estimate of drug-likeness (QED) is 0.737. The topological polar surface area (TPSA) is 92.2 Å². The number of phenols is 1. The van der Waals surface area contributed by atoms with Crippen molar-refractivity contribution in [2.45, 2.75) is 33.3 Å². The van der Waals surface area contributed by atoms with Gasteiger partial charge in [-0.25, -0.2) is 0 Å². The Kier molecular flexibility index (Phi) is 4.90. The van der Waals surface area contributed by atoms with E-state index in [0.717, 1.165) is 11.1 Å². The molecule has 0 aliphatic rings. The first kappa shape index (κ1) is 17.5. The molecule has 0 spiro atoms. The number of hydrogen-bond acceptors (Lipinski definition) is 6. The summed E-state index contributed by atoms with van der Waals surface area (Å²) in [6.45, 7) is 5.76. The lowest BCUT2D eigenvalue weighted by Gasteiger charge is -2.11. The average Bonchev–Trinajstić information content (AvgIpc) is 3.11. The molecule has 0 unspecified atom stereocenters. The molecule has 6 heteroatoms. The fourth-order valence-electron chi connectivity index (χ4n) is 2.71. The van der Waals surface area contributed by atoms with Gasteiger partial charge >= 0.3 is 0 Å². The van der Waals surface area contributed by atoms with E-state index in [2.05, 4.69) is 16.2 Å². The third-order valence-electron chi connectivity index (χ3n) is 3.88. The molecule has 3 rings (SSSR count). The molecular formula is C20H19N3O3. The number of nitriles is 1. The molecular weight excluding hydrogens is 330 g/mol. The van der Waals surface area contributed by atoms with Crippen molar-refractivity contribution in [3.63, 3.8) is 0 Å². The fraction of sp³-hybridized carbons (Fsp3) is 0.250. The van der Waals surface area contributed by atoms with E-state index in [1.54, 1.807) is 30.3 Å². The van der Waals surface area contributed by atoms with Crippen molar-refractivity contribution < 1.29 is 14.4 Å². The smallest absolute Gasteiger partial charge is 0.258 e. The third kappa shape index (κ3) is 3.38. The normalized spacial score (nSPS) is 10.7. The van der Waals surface area contributed by atoms with E-state index in [0.29, 0.717) is 35.0 Å². The molecule has 26 heavy (non-hydrogen) atoms. The van der Waals surface area contributed by atoms with Crippen LogP contribution in [-0.4, -0.2) is 21.4 Å². The second-order valence-corrected chi connectivity index (χ2v) is 6.07. The van der Waals surface area contributed by atoms with Crippen molar-refractivity contribution in [3.05, 3.63) is 47.5 Å². The molecule has 1 aromatic heterocycles. The van der Waals surface area contributed by atoms with Crippen LogP contribution in [0.4, 0.5) is 0 Å². The molecule has 2 aromatic carbocycles. The van der Waals surface area contributed by atoms with Crippen molar-refractivity contribution in [3.8, 4) is 40.4 Å². The number of aromatic hydroxyl groups is 1. The second-order valence-electron chi connectivity index (χ2n) is 6.07. The summed E-state index contributed by atoms with van der Waals surface area (Å²) in [5.41, 5.74) is 2.53. The van der Waals surface area contributed by atoms with E-state index in [9.17, 15) is 10.4 Å². The van der Waals surface area contributed by atoms with Gasteiger partial charge in [0.05, 0.1) is 11.7 Å². The van der Waals surface area contributed by atoms with Gasteiger partial charge in [0.25, 0.3) is 5.89 Å². The molecule has 0 atom stereocenters. The van der Waals surface area contributed by atoms with Crippen molar-refractivity contribution in [2.75, 3.05) is 0 Å². The summed E-state index contributed by atoms with van der Waals surface area (Å²) in [5, 5.41) is 23.4. The molecule has 3 aromatic rings. The predicted molar refractivity (Wildman–Crippen MR) is 96.7 cm³/mol. The summed E-state index contributed by atoms with van der Waals surface area (Å²) in [6.07, 6.45) is 0.618. The highest BCUT2D eigenvalue weighted by atomic mass is 16.5. The van der Waals surface area contributed by atoms with E-state index in [-0.39, 0.29) is 11.9 Å². The highest BCUT2D eigenvalue weighted by molar-refractivity contribution is 5.67. The lowest BCUT2D eigenvalue weighted by atomic mass is 10.0. The highest BCUT2D eigenvalue weighted by Crippen LogP contribution is 2.31. The van der Waals surface area contributed by atoms with Gasteiger partial charge in [-0.2, -0.15) is 10.2 Å². The number of ether oxygens (including phenoxy) is 1. The minimum absolute atomic E-state index is 0.0267. The Morgan fingerprint density at radius 3 is 2.77 bits per heavy atom. The first-order chi connectivity index (χ1) is 12.5. The summed E-state index contributed by atoms with van der Waals surface area (Å²) in [5.74, 6) is 1.43. The summed E-state index contributed by atoms with van der Waals surface area (Å²) < 4.78 is 11.0. The lowest BCUT2D eigenvalue weighted by Crippen LogP contribution is -2.06. The lowest BCUT2D eigenvalue weighted by molar-refractivity contribution is 0.241. The van der Waals surface area contributed by atoms with Gasteiger partial charge in [-0.3, -0.25) is 0 Å². The standard InChI is InChI=1S/C20H19N3O3/c1-4-15-16(6-5-7-17(15)24)19-22-20(26-23-19)13-8-9-18(25-12(2)3)14(10-13)11-21/h5-10,12,24H,4H2,1-3H3. The molecule has 0 bridgehead atoms. The van der Waals surface area contributed by atoms with Crippen molar-refractivity contribution in [2.24, 2.45) is 0 Å². The Morgan fingerprint density at radius 2 is 2.08 bits per heavy atom. The number of hydrogen-bond donors (Lipinski definition) is 1. The SMILES string of the molecule is CCc1c(O)cccc1-c1noc(-c2ccc(OC(C)C)c(C#N)c2)n1. The van der Waals surface area contributed by atoms with E-state index >= 15 is 0 Å². The van der Waals surface area contributed by atoms with Gasteiger partial charge in [0.2, 0.25) is 5.82 Å². The maximum Gasteiger partial charge on any atom is 0.258 e. The Morgan fingerprint density at radius 1 is 1.27 bits per heavy atom. The molecule has 132 valence electrons. The van der Waals surface area contributed by atoms with Crippen LogP contribution in [0.15, 0.2) is 40.9 Å². The maximum atomic E-state index is 10.0. The Balaban J connectivity index is 1.99. The molecule has 0 aliphatic heterocycles. The molecule has 0 fully saturated rings. The van der Waals surface area contributed by atoms with Crippen LogP contribution in [0.25, 0.3) is 22.8 Å². The monoisotopic (exact) mass is 349 g/mol. The van der Waals surface area contributed by atoms with E-state index in [1.165, 1.54) is 0 Å². The number of rotatable bonds is 5. The van der Waals surface area contributed by atoms with Crippen molar-refractivity contribution in [1.29, 1.82) is 5.26 Å². The number of aromatic nitrogens is 2. The predicted octanol–water partition coefficient (Wildman–Crippen LogP) is 4.33. The maximum absolute atomic E-state index is 10.0. The number of nitrogens with zero attached hydrogens (tertiary/aromatic N) is 3. The van der Waals surface area contributed by atoms with Crippen LogP contribution < -0.4 is 4.74 Å². The summed E-state index contributed by atoms with van der Waals surface area (Å²) in [6, 6.07) is 12.5. The summed E-state index contributed by atoms with van der Waals surface area (Å²) in [4.78, 5) is 4.43. The molecule has 0 radical (unpaired) electrons. The van der Waals surface area contributed by atoms with Crippen LogP contribution in [-0.2, 0) is 6.42 Å². The first-order valence-electron chi connectivity index (χ1n) is 8.39. The molecule has 0 saturated heterocycles. The van der Waals surface area contributed by atoms with Crippen LogP contribution in [0, 0.1) is 11.3 Å². The van der Waals surface area contributed by atoms with Crippen molar-refractivity contribution in [1.82, 2.24) is 10.1 Å². The zero-order valence-electron chi connectivity index (χ0n) is 14.9. The number of benzene rings is 2. The molecule has 1 heterocycles. The zero-order valence-corrected chi connectivity index (χ0v) is 14.9. The van der Waals surface area contributed by atoms with Gasteiger partial charge < -0.3 is 14.4 Å². The fourth-order valence-corrected chi connectivity index (χ4v) is 2.71. The van der Waals surface area contributed by atoms with Crippen LogP contribution >= 0.6 is 0 Å². The molecule has 0 amide bonds. The molecule has 6 nitrogen and oxygen atoms in total.